The van der Waals surface area contributed by atoms with Crippen LogP contribution in [0.15, 0.2) is 59.0 Å². The summed E-state index contributed by atoms with van der Waals surface area (Å²) in [6.45, 7) is 2.26. The number of rotatable bonds is 10. The van der Waals surface area contributed by atoms with Gasteiger partial charge in [-0.25, -0.2) is 8.42 Å². The summed E-state index contributed by atoms with van der Waals surface area (Å²) in [5.41, 5.74) is 1.75. The van der Waals surface area contributed by atoms with E-state index in [0.29, 0.717) is 23.7 Å². The fourth-order valence-corrected chi connectivity index (χ4v) is 5.55. The van der Waals surface area contributed by atoms with Crippen molar-refractivity contribution < 1.29 is 26.7 Å². The number of anilines is 1. The molecule has 1 fully saturated rings. The van der Waals surface area contributed by atoms with Crippen LogP contribution < -0.4 is 4.31 Å². The normalized spacial score (nSPS) is 15.5. The number of para-hydroxylation sites is 1. The van der Waals surface area contributed by atoms with Crippen LogP contribution in [0.4, 0.5) is 14.5 Å². The topological polar surface area (TPSA) is 99.8 Å². The van der Waals surface area contributed by atoms with Crippen LogP contribution in [0.1, 0.15) is 30.7 Å². The molecule has 2 aromatic carbocycles. The molecule has 0 amide bonds. The van der Waals surface area contributed by atoms with Crippen molar-refractivity contribution >= 4 is 15.7 Å². The molecule has 8 nitrogen and oxygen atoms in total. The maximum Gasteiger partial charge on any atom is 0.314 e. The van der Waals surface area contributed by atoms with Crippen LogP contribution in [-0.4, -0.2) is 60.6 Å². The summed E-state index contributed by atoms with van der Waals surface area (Å²) in [5, 5.41) is 16.3. The van der Waals surface area contributed by atoms with Gasteiger partial charge in [0.05, 0.1) is 18.0 Å². The Morgan fingerprint density at radius 1 is 1.06 bits per heavy atom. The van der Waals surface area contributed by atoms with E-state index in [9.17, 15) is 22.3 Å². The fraction of sp³-hybridized carbons (Fsp3) is 0.417. The van der Waals surface area contributed by atoms with Crippen molar-refractivity contribution in [1.29, 1.82) is 0 Å². The van der Waals surface area contributed by atoms with E-state index in [1.807, 2.05) is 6.07 Å². The van der Waals surface area contributed by atoms with Gasteiger partial charge < -0.3 is 14.4 Å². The Labute approximate surface area is 203 Å². The van der Waals surface area contributed by atoms with E-state index in [2.05, 4.69) is 15.1 Å². The van der Waals surface area contributed by atoms with Crippen molar-refractivity contribution in [3.63, 3.8) is 0 Å². The Bertz CT molecular complexity index is 1180. The molecule has 0 bridgehead atoms. The van der Waals surface area contributed by atoms with Crippen LogP contribution in [0.2, 0.25) is 0 Å². The minimum Gasteiger partial charge on any atom is -0.415 e. The largest absolute Gasteiger partial charge is 0.415 e. The number of sulfonamides is 1. The first-order valence-corrected chi connectivity index (χ1v) is 13.1. The third-order valence-electron chi connectivity index (χ3n) is 6.17. The lowest BCUT2D eigenvalue weighted by molar-refractivity contribution is 0.116. The van der Waals surface area contributed by atoms with Gasteiger partial charge in [-0.05, 0) is 61.7 Å². The number of benzene rings is 2. The molecule has 0 unspecified atom stereocenters. The van der Waals surface area contributed by atoms with E-state index in [1.54, 1.807) is 48.5 Å². The molecule has 11 heteroatoms. The second kappa shape index (κ2) is 11.2. The van der Waals surface area contributed by atoms with E-state index in [1.165, 1.54) is 4.31 Å². The van der Waals surface area contributed by atoms with Crippen LogP contribution in [0, 0.1) is 5.92 Å². The molecular weight excluding hydrogens is 478 g/mol. The number of hydrogen-bond acceptors (Lipinski definition) is 7. The van der Waals surface area contributed by atoms with Gasteiger partial charge in [0.1, 0.15) is 0 Å². The summed E-state index contributed by atoms with van der Waals surface area (Å²) in [6.07, 6.45) is -1.12. The number of hydrogen-bond donors (Lipinski definition) is 1. The number of aliphatic hydroxyl groups is 1. The quantitative estimate of drug-likeness (QED) is 0.447. The van der Waals surface area contributed by atoms with Gasteiger partial charge in [0.25, 0.3) is 5.89 Å². The molecule has 1 saturated heterocycles. The second-order valence-corrected chi connectivity index (χ2v) is 10.6. The van der Waals surface area contributed by atoms with Crippen LogP contribution in [0.5, 0.6) is 0 Å². The first-order valence-electron chi connectivity index (χ1n) is 11.5. The van der Waals surface area contributed by atoms with E-state index < -0.39 is 22.3 Å². The van der Waals surface area contributed by atoms with Crippen LogP contribution in [0.3, 0.4) is 0 Å². The lowest BCUT2D eigenvalue weighted by Crippen LogP contribution is -2.41. The summed E-state index contributed by atoms with van der Waals surface area (Å²) in [7, 11) is -3.64. The zero-order valence-corrected chi connectivity index (χ0v) is 19.9. The van der Waals surface area contributed by atoms with Crippen molar-refractivity contribution in [3.05, 3.63) is 66.1 Å². The first-order chi connectivity index (χ1) is 16.9. The lowest BCUT2D eigenvalue weighted by atomic mass is 9.98. The zero-order valence-electron chi connectivity index (χ0n) is 19.1. The molecule has 3 aromatic rings. The van der Waals surface area contributed by atoms with Gasteiger partial charge in [-0.2, -0.15) is 8.78 Å². The Balaban J connectivity index is 1.48. The highest BCUT2D eigenvalue weighted by Crippen LogP contribution is 2.26. The SMILES string of the molecule is O=S(=O)(CCN1CCC(CO)CC1)N(Cc1ccc(-c2nnc(C(F)F)o2)cc1)c1ccccc1. The monoisotopic (exact) mass is 506 g/mol. The molecule has 188 valence electrons. The average molecular weight is 507 g/mol. The highest BCUT2D eigenvalue weighted by molar-refractivity contribution is 7.92. The molecule has 0 radical (unpaired) electrons. The number of likely N-dealkylation sites (tertiary alicyclic amines) is 1. The molecule has 1 N–H and O–H groups in total. The van der Waals surface area contributed by atoms with Crippen LogP contribution in [-0.2, 0) is 16.6 Å². The number of halogens is 2. The summed E-state index contributed by atoms with van der Waals surface area (Å²) >= 11 is 0. The molecule has 1 aliphatic heterocycles. The zero-order chi connectivity index (χ0) is 24.8. The minimum absolute atomic E-state index is 0.0237. The van der Waals surface area contributed by atoms with Crippen LogP contribution >= 0.6 is 0 Å². The van der Waals surface area contributed by atoms with Gasteiger partial charge in [-0.3, -0.25) is 4.31 Å². The maximum absolute atomic E-state index is 13.4. The summed E-state index contributed by atoms with van der Waals surface area (Å²) in [4.78, 5) is 2.12. The molecule has 1 aliphatic rings. The van der Waals surface area contributed by atoms with Gasteiger partial charge in [0.15, 0.2) is 0 Å². The third-order valence-corrected chi connectivity index (χ3v) is 7.88. The smallest absolute Gasteiger partial charge is 0.314 e. The van der Waals surface area contributed by atoms with Gasteiger partial charge >= 0.3 is 6.43 Å². The summed E-state index contributed by atoms with van der Waals surface area (Å²) in [6, 6.07) is 15.6. The highest BCUT2D eigenvalue weighted by atomic mass is 32.2. The maximum atomic E-state index is 13.4. The van der Waals surface area contributed by atoms with Gasteiger partial charge in [0, 0.05) is 18.7 Å². The van der Waals surface area contributed by atoms with Crippen molar-refractivity contribution in [2.24, 2.45) is 5.92 Å². The van der Waals surface area contributed by atoms with Crippen molar-refractivity contribution in [2.75, 3.05) is 36.3 Å². The Morgan fingerprint density at radius 2 is 1.74 bits per heavy atom. The van der Waals surface area contributed by atoms with Crippen LogP contribution in [0.25, 0.3) is 11.5 Å². The van der Waals surface area contributed by atoms with Crippen molar-refractivity contribution in [1.82, 2.24) is 15.1 Å². The molecule has 2 heterocycles. The number of aliphatic hydroxyl groups excluding tert-OH is 1. The van der Waals surface area contributed by atoms with Gasteiger partial charge in [0.2, 0.25) is 15.9 Å². The van der Waals surface area contributed by atoms with Gasteiger partial charge in [-0.15, -0.1) is 10.2 Å². The van der Waals surface area contributed by atoms with Crippen molar-refractivity contribution in [3.8, 4) is 11.5 Å². The number of alkyl halides is 2. The standard InChI is InChI=1S/C24H28F2N4O4S/c25-22(26)24-28-27-23(34-24)20-8-6-18(7-9-20)16-30(21-4-2-1-3-5-21)35(32,33)15-14-29-12-10-19(17-31)11-13-29/h1-9,19,22,31H,10-17H2. The molecule has 0 aliphatic carbocycles. The molecular formula is C24H28F2N4O4S. The number of piperidine rings is 1. The summed E-state index contributed by atoms with van der Waals surface area (Å²) < 4.78 is 58.6. The average Bonchev–Trinajstić information content (AvgIpc) is 3.38. The molecule has 1 aromatic heterocycles. The van der Waals surface area contributed by atoms with E-state index in [0.717, 1.165) is 31.5 Å². The third kappa shape index (κ3) is 6.41. The van der Waals surface area contributed by atoms with Gasteiger partial charge in [-0.1, -0.05) is 30.3 Å². The van der Waals surface area contributed by atoms with E-state index in [4.69, 9.17) is 4.42 Å². The minimum atomic E-state index is -3.64. The predicted octanol–water partition coefficient (Wildman–Crippen LogP) is 3.71. The second-order valence-electron chi connectivity index (χ2n) is 8.57. The Kier molecular flexibility index (Phi) is 8.09. The summed E-state index contributed by atoms with van der Waals surface area (Å²) in [5.74, 6) is -0.501. The number of nitrogens with zero attached hydrogens (tertiary/aromatic N) is 4. The highest BCUT2D eigenvalue weighted by Gasteiger charge is 2.26. The van der Waals surface area contributed by atoms with E-state index in [-0.39, 0.29) is 24.8 Å². The fourth-order valence-electron chi connectivity index (χ4n) is 4.05. The molecule has 0 saturated carbocycles. The predicted molar refractivity (Wildman–Crippen MR) is 127 cm³/mol. The number of aromatic nitrogens is 2. The molecule has 35 heavy (non-hydrogen) atoms. The Morgan fingerprint density at radius 3 is 2.34 bits per heavy atom. The lowest BCUT2D eigenvalue weighted by Gasteiger charge is -2.32. The molecule has 4 rings (SSSR count). The van der Waals surface area contributed by atoms with E-state index >= 15 is 0 Å². The van der Waals surface area contributed by atoms with Crippen molar-refractivity contribution in [2.45, 2.75) is 25.8 Å². The molecule has 0 atom stereocenters. The Hall–Kier alpha value is -2.89. The molecule has 0 spiro atoms. The first kappa shape index (κ1) is 25.2.